The molecule has 1 amide bonds. The minimum Gasteiger partial charge on any atom is -0.486 e. The fourth-order valence-electron chi connectivity index (χ4n) is 3.67. The molecular formula is C22H26BrN3O4. The van der Waals surface area contributed by atoms with Crippen molar-refractivity contribution in [3.8, 4) is 11.5 Å². The van der Waals surface area contributed by atoms with Gasteiger partial charge in [0.05, 0.1) is 6.54 Å². The first-order valence-electron chi connectivity index (χ1n) is 10.1. The summed E-state index contributed by atoms with van der Waals surface area (Å²) in [4.78, 5) is 16.6. The van der Waals surface area contributed by atoms with Crippen LogP contribution in [-0.4, -0.2) is 78.9 Å². The molecular weight excluding hydrogens is 450 g/mol. The van der Waals surface area contributed by atoms with Crippen LogP contribution >= 0.6 is 15.9 Å². The number of fused-ring (bicyclic) bond motifs is 1. The molecule has 0 bridgehead atoms. The summed E-state index contributed by atoms with van der Waals surface area (Å²) in [5.41, 5.74) is 0.793. The molecule has 0 aromatic heterocycles. The van der Waals surface area contributed by atoms with Crippen LogP contribution in [0.25, 0.3) is 0 Å². The van der Waals surface area contributed by atoms with Crippen LogP contribution in [0.15, 0.2) is 53.0 Å². The number of piperazine rings is 1. The summed E-state index contributed by atoms with van der Waals surface area (Å²) in [5, 5.41) is 13.5. The van der Waals surface area contributed by atoms with E-state index in [0.29, 0.717) is 25.4 Å². The minimum absolute atomic E-state index is 0.0165. The number of amides is 1. The third-order valence-corrected chi connectivity index (χ3v) is 5.89. The molecule has 30 heavy (non-hydrogen) atoms. The van der Waals surface area contributed by atoms with Gasteiger partial charge >= 0.3 is 0 Å². The van der Waals surface area contributed by atoms with Crippen LogP contribution in [-0.2, 0) is 4.79 Å². The number of nitrogens with one attached hydrogen (secondary N) is 1. The lowest BCUT2D eigenvalue weighted by atomic mass is 10.1. The van der Waals surface area contributed by atoms with Crippen molar-refractivity contribution in [2.24, 2.45) is 0 Å². The maximum Gasteiger partial charge on any atom is 0.238 e. The van der Waals surface area contributed by atoms with E-state index in [4.69, 9.17) is 9.47 Å². The molecule has 0 aliphatic carbocycles. The second-order valence-electron chi connectivity index (χ2n) is 7.61. The highest BCUT2D eigenvalue weighted by atomic mass is 79.9. The van der Waals surface area contributed by atoms with Crippen LogP contribution in [0.2, 0.25) is 0 Å². The Kier molecular flexibility index (Phi) is 6.89. The Morgan fingerprint density at radius 3 is 2.47 bits per heavy atom. The number of β-amino-alcohol motifs (C(OH)–C–C–N with tert-alkyl or cyclic N) is 1. The topological polar surface area (TPSA) is 74.3 Å². The van der Waals surface area contributed by atoms with Crippen LogP contribution < -0.4 is 14.8 Å². The van der Waals surface area contributed by atoms with Crippen molar-refractivity contribution in [2.45, 2.75) is 12.2 Å². The molecule has 160 valence electrons. The van der Waals surface area contributed by atoms with Gasteiger partial charge in [-0.3, -0.25) is 14.6 Å². The quantitative estimate of drug-likeness (QED) is 0.666. The van der Waals surface area contributed by atoms with Crippen molar-refractivity contribution < 1.29 is 19.4 Å². The summed E-state index contributed by atoms with van der Waals surface area (Å²) < 4.78 is 12.6. The molecule has 4 rings (SSSR count). The second-order valence-corrected chi connectivity index (χ2v) is 8.53. The highest BCUT2D eigenvalue weighted by Gasteiger charge is 2.30. The van der Waals surface area contributed by atoms with Crippen LogP contribution in [0.3, 0.4) is 0 Å². The van der Waals surface area contributed by atoms with Crippen molar-refractivity contribution in [3.05, 3.63) is 53.0 Å². The smallest absolute Gasteiger partial charge is 0.238 e. The maximum atomic E-state index is 12.3. The van der Waals surface area contributed by atoms with Gasteiger partial charge in [-0.2, -0.15) is 0 Å². The lowest BCUT2D eigenvalue weighted by Gasteiger charge is -2.37. The van der Waals surface area contributed by atoms with E-state index in [0.717, 1.165) is 42.1 Å². The van der Waals surface area contributed by atoms with Gasteiger partial charge in [-0.1, -0.05) is 28.1 Å². The third kappa shape index (κ3) is 5.51. The van der Waals surface area contributed by atoms with E-state index in [1.54, 1.807) is 0 Å². The molecule has 2 atom stereocenters. The first-order valence-corrected chi connectivity index (χ1v) is 10.9. The van der Waals surface area contributed by atoms with Gasteiger partial charge in [-0.25, -0.2) is 0 Å². The van der Waals surface area contributed by atoms with Gasteiger partial charge < -0.3 is 19.9 Å². The van der Waals surface area contributed by atoms with Gasteiger partial charge in [0.1, 0.15) is 12.7 Å². The number of anilines is 1. The number of ether oxygens (including phenoxy) is 2. The van der Waals surface area contributed by atoms with E-state index in [1.807, 2.05) is 48.5 Å². The van der Waals surface area contributed by atoms with Crippen LogP contribution in [0.4, 0.5) is 5.69 Å². The number of nitrogens with zero attached hydrogens (tertiary/aromatic N) is 2. The molecule has 2 unspecified atom stereocenters. The van der Waals surface area contributed by atoms with E-state index in [9.17, 15) is 9.90 Å². The number of hydrogen-bond donors (Lipinski definition) is 2. The molecule has 7 nitrogen and oxygen atoms in total. The fourth-order valence-corrected chi connectivity index (χ4v) is 3.94. The summed E-state index contributed by atoms with van der Waals surface area (Å²) in [6.07, 6.45) is -1.01. The summed E-state index contributed by atoms with van der Waals surface area (Å²) in [7, 11) is 0. The predicted octanol–water partition coefficient (Wildman–Crippen LogP) is 2.21. The number of aliphatic hydroxyl groups is 1. The van der Waals surface area contributed by atoms with Gasteiger partial charge in [-0.15, -0.1) is 0 Å². The lowest BCUT2D eigenvalue weighted by Crippen LogP contribution is -2.53. The van der Waals surface area contributed by atoms with Crippen molar-refractivity contribution in [1.29, 1.82) is 0 Å². The third-order valence-electron chi connectivity index (χ3n) is 5.37. The molecule has 1 saturated heterocycles. The number of rotatable bonds is 6. The Balaban J connectivity index is 1.19. The van der Waals surface area contributed by atoms with E-state index in [2.05, 4.69) is 31.0 Å². The van der Waals surface area contributed by atoms with E-state index < -0.39 is 6.10 Å². The van der Waals surface area contributed by atoms with E-state index in [1.165, 1.54) is 0 Å². The first kappa shape index (κ1) is 21.1. The average molecular weight is 476 g/mol. The first-order chi connectivity index (χ1) is 14.6. The molecule has 2 aliphatic rings. The zero-order chi connectivity index (χ0) is 20.9. The SMILES string of the molecule is O=C(CN1CCN(CC(O)C2COc3ccccc3O2)CC1)Nc1ccc(Br)cc1. The molecule has 2 aliphatic heterocycles. The largest absolute Gasteiger partial charge is 0.486 e. The monoisotopic (exact) mass is 475 g/mol. The zero-order valence-electron chi connectivity index (χ0n) is 16.7. The molecule has 2 heterocycles. The maximum absolute atomic E-state index is 12.3. The highest BCUT2D eigenvalue weighted by Crippen LogP contribution is 2.31. The zero-order valence-corrected chi connectivity index (χ0v) is 18.3. The van der Waals surface area contributed by atoms with E-state index >= 15 is 0 Å². The van der Waals surface area contributed by atoms with Crippen molar-refractivity contribution in [2.75, 3.05) is 51.2 Å². The number of benzene rings is 2. The molecule has 2 aromatic rings. The Hall–Kier alpha value is -2.13. The Bertz CT molecular complexity index is 856. The summed E-state index contributed by atoms with van der Waals surface area (Å²) in [5.74, 6) is 1.38. The summed E-state index contributed by atoms with van der Waals surface area (Å²) in [6, 6.07) is 15.1. The predicted molar refractivity (Wildman–Crippen MR) is 118 cm³/mol. The molecule has 8 heteroatoms. The van der Waals surface area contributed by atoms with Crippen molar-refractivity contribution in [1.82, 2.24) is 9.80 Å². The standard InChI is InChI=1S/C22H26BrN3O4/c23-16-5-7-17(8-6-16)24-22(28)14-26-11-9-25(10-12-26)13-18(27)21-15-29-19-3-1-2-4-20(19)30-21/h1-8,18,21,27H,9-15H2,(H,24,28). The number of para-hydroxylation sites is 2. The molecule has 0 radical (unpaired) electrons. The summed E-state index contributed by atoms with van der Waals surface area (Å²) in [6.45, 7) is 4.39. The number of carbonyl (C=O) groups is 1. The Morgan fingerprint density at radius 2 is 1.73 bits per heavy atom. The highest BCUT2D eigenvalue weighted by molar-refractivity contribution is 9.10. The van der Waals surface area contributed by atoms with Gasteiger partial charge in [-0.05, 0) is 36.4 Å². The molecule has 2 N–H and O–H groups in total. The van der Waals surface area contributed by atoms with Crippen LogP contribution in [0, 0.1) is 0 Å². The Morgan fingerprint density at radius 1 is 1.07 bits per heavy atom. The van der Waals surface area contributed by atoms with Gasteiger partial charge in [0.15, 0.2) is 17.6 Å². The number of aliphatic hydroxyl groups excluding tert-OH is 1. The molecule has 1 fully saturated rings. The lowest BCUT2D eigenvalue weighted by molar-refractivity contribution is -0.117. The van der Waals surface area contributed by atoms with Gasteiger partial charge in [0.25, 0.3) is 0 Å². The van der Waals surface area contributed by atoms with E-state index in [-0.39, 0.29) is 12.0 Å². The average Bonchev–Trinajstić information content (AvgIpc) is 2.76. The van der Waals surface area contributed by atoms with Crippen molar-refractivity contribution >= 4 is 27.5 Å². The van der Waals surface area contributed by atoms with Gasteiger partial charge in [0, 0.05) is 42.9 Å². The fraction of sp³-hybridized carbons (Fsp3) is 0.409. The summed E-state index contributed by atoms with van der Waals surface area (Å²) >= 11 is 3.39. The van der Waals surface area contributed by atoms with Crippen LogP contribution in [0.1, 0.15) is 0 Å². The number of halogens is 1. The number of hydrogen-bond acceptors (Lipinski definition) is 6. The number of carbonyl (C=O) groups excluding carboxylic acids is 1. The van der Waals surface area contributed by atoms with Crippen molar-refractivity contribution in [3.63, 3.8) is 0 Å². The molecule has 2 aromatic carbocycles. The molecule has 0 saturated carbocycles. The minimum atomic E-state index is -0.634. The molecule has 0 spiro atoms. The van der Waals surface area contributed by atoms with Crippen LogP contribution in [0.5, 0.6) is 11.5 Å². The Labute approximate surface area is 184 Å². The van der Waals surface area contributed by atoms with Gasteiger partial charge in [0.2, 0.25) is 5.91 Å². The normalized spacial score (nSPS) is 20.5. The second kappa shape index (κ2) is 9.78.